The molecule has 0 aliphatic rings. The van der Waals surface area contributed by atoms with Crippen molar-refractivity contribution in [3.8, 4) is 0 Å². The van der Waals surface area contributed by atoms with Gasteiger partial charge in [0.05, 0.1) is 6.54 Å². The summed E-state index contributed by atoms with van der Waals surface area (Å²) in [5.74, 6) is -1.36. The molecule has 1 amide bonds. The van der Waals surface area contributed by atoms with Crippen LogP contribution in [0.15, 0.2) is 30.3 Å². The average molecular weight is 264 g/mol. The number of carboxylic acid groups (broad SMARTS) is 1. The van der Waals surface area contributed by atoms with Gasteiger partial charge in [0, 0.05) is 6.04 Å². The highest BCUT2D eigenvalue weighted by Crippen LogP contribution is 2.12. The van der Waals surface area contributed by atoms with Crippen LogP contribution in [-0.4, -0.2) is 41.5 Å². The van der Waals surface area contributed by atoms with Gasteiger partial charge in [0.25, 0.3) is 0 Å². The lowest BCUT2D eigenvalue weighted by molar-refractivity contribution is -0.142. The van der Waals surface area contributed by atoms with Crippen LogP contribution in [0.25, 0.3) is 0 Å². The minimum absolute atomic E-state index is 0.175. The maximum absolute atomic E-state index is 11.8. The fraction of sp³-hybridized carbons (Fsp3) is 0.429. The second-order valence-corrected chi connectivity index (χ2v) is 4.76. The van der Waals surface area contributed by atoms with Crippen LogP contribution >= 0.6 is 0 Å². The van der Waals surface area contributed by atoms with E-state index in [0.717, 1.165) is 0 Å². The van der Waals surface area contributed by atoms with Gasteiger partial charge in [-0.2, -0.15) is 0 Å². The van der Waals surface area contributed by atoms with Crippen molar-refractivity contribution in [2.75, 3.05) is 13.6 Å². The first-order chi connectivity index (χ1) is 8.91. The number of carbonyl (C=O) groups is 2. The Labute approximate surface area is 113 Å². The molecule has 19 heavy (non-hydrogen) atoms. The van der Waals surface area contributed by atoms with Crippen molar-refractivity contribution in [3.05, 3.63) is 35.9 Å². The number of nitrogens with one attached hydrogen (secondary N) is 1. The van der Waals surface area contributed by atoms with E-state index in [2.05, 4.69) is 5.32 Å². The number of carboxylic acids is 1. The first kappa shape index (κ1) is 15.2. The van der Waals surface area contributed by atoms with Crippen LogP contribution in [0.3, 0.4) is 0 Å². The van der Waals surface area contributed by atoms with Crippen LogP contribution in [0.5, 0.6) is 0 Å². The Balaban J connectivity index is 2.70. The number of aliphatic carboxylic acids is 1. The molecule has 0 spiro atoms. The third-order valence-electron chi connectivity index (χ3n) is 2.96. The summed E-state index contributed by atoms with van der Waals surface area (Å²) in [4.78, 5) is 24.9. The van der Waals surface area contributed by atoms with Gasteiger partial charge in [-0.3, -0.25) is 9.69 Å². The molecule has 0 bridgehead atoms. The predicted molar refractivity (Wildman–Crippen MR) is 72.7 cm³/mol. The molecule has 1 aromatic carbocycles. The second kappa shape index (κ2) is 6.89. The molecule has 1 aromatic rings. The SMILES string of the molecule is CC(C)N(C)CC(=O)N[C@@H](C(=O)O)c1ccccc1. The van der Waals surface area contributed by atoms with Crippen molar-refractivity contribution >= 4 is 11.9 Å². The van der Waals surface area contributed by atoms with E-state index in [9.17, 15) is 14.7 Å². The van der Waals surface area contributed by atoms with Crippen molar-refractivity contribution in [3.63, 3.8) is 0 Å². The number of hydrogen-bond donors (Lipinski definition) is 2. The van der Waals surface area contributed by atoms with E-state index in [-0.39, 0.29) is 18.5 Å². The lowest BCUT2D eigenvalue weighted by Gasteiger charge is -2.22. The molecule has 0 aliphatic carbocycles. The quantitative estimate of drug-likeness (QED) is 0.811. The first-order valence-electron chi connectivity index (χ1n) is 6.19. The molecule has 1 rings (SSSR count). The molecule has 0 saturated carbocycles. The monoisotopic (exact) mass is 264 g/mol. The largest absolute Gasteiger partial charge is 0.479 e. The van der Waals surface area contributed by atoms with E-state index in [4.69, 9.17) is 0 Å². The maximum Gasteiger partial charge on any atom is 0.330 e. The fourth-order valence-corrected chi connectivity index (χ4v) is 1.55. The number of nitrogens with zero attached hydrogens (tertiary/aromatic N) is 1. The zero-order valence-electron chi connectivity index (χ0n) is 11.5. The Hall–Kier alpha value is -1.88. The molecular weight excluding hydrogens is 244 g/mol. The number of likely N-dealkylation sites (N-methyl/N-ethyl adjacent to an activating group) is 1. The standard InChI is InChI=1S/C14H20N2O3/c1-10(2)16(3)9-12(17)15-13(14(18)19)11-7-5-4-6-8-11/h4-8,10,13H,9H2,1-3H3,(H,15,17)(H,18,19)/t13-/m1/s1. The summed E-state index contributed by atoms with van der Waals surface area (Å²) >= 11 is 0. The van der Waals surface area contributed by atoms with Gasteiger partial charge in [-0.1, -0.05) is 30.3 Å². The maximum atomic E-state index is 11.8. The number of amides is 1. The molecule has 0 fully saturated rings. The van der Waals surface area contributed by atoms with Crippen molar-refractivity contribution in [1.29, 1.82) is 0 Å². The average Bonchev–Trinajstić information content (AvgIpc) is 2.36. The molecule has 1 atom stereocenters. The Bertz CT molecular complexity index is 432. The molecule has 0 radical (unpaired) electrons. The van der Waals surface area contributed by atoms with E-state index >= 15 is 0 Å². The highest BCUT2D eigenvalue weighted by Gasteiger charge is 2.22. The highest BCUT2D eigenvalue weighted by atomic mass is 16.4. The molecule has 104 valence electrons. The lowest BCUT2D eigenvalue weighted by atomic mass is 10.1. The fourth-order valence-electron chi connectivity index (χ4n) is 1.55. The van der Waals surface area contributed by atoms with Gasteiger partial charge in [0.1, 0.15) is 0 Å². The molecule has 2 N–H and O–H groups in total. The third-order valence-corrected chi connectivity index (χ3v) is 2.96. The van der Waals surface area contributed by atoms with Gasteiger partial charge < -0.3 is 10.4 Å². The van der Waals surface area contributed by atoms with Gasteiger partial charge in [-0.15, -0.1) is 0 Å². The van der Waals surface area contributed by atoms with Crippen LogP contribution in [-0.2, 0) is 9.59 Å². The van der Waals surface area contributed by atoms with Gasteiger partial charge in [-0.25, -0.2) is 4.79 Å². The lowest BCUT2D eigenvalue weighted by Crippen LogP contribution is -2.41. The summed E-state index contributed by atoms with van der Waals surface area (Å²) < 4.78 is 0. The highest BCUT2D eigenvalue weighted by molar-refractivity contribution is 5.85. The van der Waals surface area contributed by atoms with E-state index in [1.165, 1.54) is 0 Å². The minimum atomic E-state index is -1.06. The van der Waals surface area contributed by atoms with E-state index in [1.54, 1.807) is 30.3 Å². The van der Waals surface area contributed by atoms with Crippen LogP contribution in [0, 0.1) is 0 Å². The van der Waals surface area contributed by atoms with Crippen molar-refractivity contribution in [2.45, 2.75) is 25.9 Å². The Morgan fingerprint density at radius 1 is 1.26 bits per heavy atom. The summed E-state index contributed by atoms with van der Waals surface area (Å²) in [6.45, 7) is 4.12. The summed E-state index contributed by atoms with van der Waals surface area (Å²) in [5.41, 5.74) is 0.565. The molecule has 0 heterocycles. The molecular formula is C14H20N2O3. The van der Waals surface area contributed by atoms with Gasteiger partial charge in [0.2, 0.25) is 5.91 Å². The first-order valence-corrected chi connectivity index (χ1v) is 6.19. The minimum Gasteiger partial charge on any atom is -0.479 e. The molecule has 0 aromatic heterocycles. The molecule has 0 aliphatic heterocycles. The zero-order chi connectivity index (χ0) is 14.4. The van der Waals surface area contributed by atoms with Crippen molar-refractivity contribution < 1.29 is 14.7 Å². The number of carbonyl (C=O) groups excluding carboxylic acids is 1. The van der Waals surface area contributed by atoms with Gasteiger partial charge >= 0.3 is 5.97 Å². The van der Waals surface area contributed by atoms with Gasteiger partial charge in [-0.05, 0) is 26.5 Å². The zero-order valence-corrected chi connectivity index (χ0v) is 11.5. The molecule has 0 unspecified atom stereocenters. The molecule has 5 nitrogen and oxygen atoms in total. The number of hydrogen-bond acceptors (Lipinski definition) is 3. The van der Waals surface area contributed by atoms with Crippen molar-refractivity contribution in [1.82, 2.24) is 10.2 Å². The number of benzene rings is 1. The topological polar surface area (TPSA) is 69.6 Å². The van der Waals surface area contributed by atoms with E-state index < -0.39 is 12.0 Å². The van der Waals surface area contributed by atoms with Crippen LogP contribution in [0.1, 0.15) is 25.5 Å². The molecule has 0 saturated heterocycles. The summed E-state index contributed by atoms with van der Waals surface area (Å²) in [5, 5.41) is 11.7. The second-order valence-electron chi connectivity index (χ2n) is 4.76. The normalized spacial score (nSPS) is 12.5. The molecule has 5 heteroatoms. The smallest absolute Gasteiger partial charge is 0.330 e. The van der Waals surface area contributed by atoms with Crippen LogP contribution in [0.4, 0.5) is 0 Å². The van der Waals surface area contributed by atoms with E-state index in [0.29, 0.717) is 5.56 Å². The third kappa shape index (κ3) is 4.71. The van der Waals surface area contributed by atoms with Crippen molar-refractivity contribution in [2.24, 2.45) is 0 Å². The van der Waals surface area contributed by atoms with Gasteiger partial charge in [0.15, 0.2) is 6.04 Å². The summed E-state index contributed by atoms with van der Waals surface area (Å²) in [7, 11) is 1.82. The van der Waals surface area contributed by atoms with E-state index in [1.807, 2.05) is 25.8 Å². The Morgan fingerprint density at radius 2 is 1.84 bits per heavy atom. The predicted octanol–water partition coefficient (Wildman–Crippen LogP) is 1.27. The van der Waals surface area contributed by atoms with Crippen LogP contribution < -0.4 is 5.32 Å². The van der Waals surface area contributed by atoms with Crippen LogP contribution in [0.2, 0.25) is 0 Å². The Morgan fingerprint density at radius 3 is 2.32 bits per heavy atom. The number of rotatable bonds is 6. The Kier molecular flexibility index (Phi) is 5.51. The summed E-state index contributed by atoms with van der Waals surface area (Å²) in [6, 6.07) is 7.89. The summed E-state index contributed by atoms with van der Waals surface area (Å²) in [6.07, 6.45) is 0.